The maximum absolute atomic E-state index is 12.3. The second-order valence-corrected chi connectivity index (χ2v) is 8.02. The van der Waals surface area contributed by atoms with E-state index in [2.05, 4.69) is 20.2 Å². The van der Waals surface area contributed by atoms with Crippen molar-refractivity contribution >= 4 is 21.6 Å². The summed E-state index contributed by atoms with van der Waals surface area (Å²) in [6, 6.07) is 13.3. The van der Waals surface area contributed by atoms with Gasteiger partial charge in [-0.3, -0.25) is 9.52 Å². The van der Waals surface area contributed by atoms with Crippen molar-refractivity contribution in [1.29, 1.82) is 0 Å². The normalized spacial score (nSPS) is 11.1. The Bertz CT molecular complexity index is 1090. The van der Waals surface area contributed by atoms with Gasteiger partial charge in [0.1, 0.15) is 5.75 Å². The Hall–Kier alpha value is -3.40. The van der Waals surface area contributed by atoms with Gasteiger partial charge in [0, 0.05) is 16.8 Å². The van der Waals surface area contributed by atoms with Gasteiger partial charge >= 0.3 is 0 Å². The number of benzene rings is 2. The van der Waals surface area contributed by atoms with Crippen LogP contribution in [0.25, 0.3) is 11.4 Å². The van der Waals surface area contributed by atoms with Crippen LogP contribution < -0.4 is 14.8 Å². The smallest absolute Gasteiger partial charge is 0.251 e. The van der Waals surface area contributed by atoms with Crippen molar-refractivity contribution in [1.82, 2.24) is 15.5 Å². The average molecular weight is 416 g/mol. The number of carbonyl (C=O) groups excluding carboxylic acids is 1. The largest absolute Gasteiger partial charge is 0.497 e. The molecule has 0 saturated carbocycles. The molecule has 2 aromatic carbocycles. The van der Waals surface area contributed by atoms with Crippen LogP contribution in [0.5, 0.6) is 5.75 Å². The molecule has 0 saturated heterocycles. The predicted octanol–water partition coefficient (Wildman–Crippen LogP) is 2.44. The summed E-state index contributed by atoms with van der Waals surface area (Å²) < 4.78 is 35.9. The maximum Gasteiger partial charge on any atom is 0.251 e. The van der Waals surface area contributed by atoms with Crippen LogP contribution in [-0.2, 0) is 16.6 Å². The highest BCUT2D eigenvalue weighted by atomic mass is 32.2. The molecule has 0 radical (unpaired) electrons. The minimum atomic E-state index is -3.36. The van der Waals surface area contributed by atoms with Gasteiger partial charge < -0.3 is 14.6 Å². The molecule has 3 rings (SSSR count). The molecule has 1 aromatic heterocycles. The molecular formula is C19H20N4O5S. The molecule has 152 valence electrons. The fourth-order valence-corrected chi connectivity index (χ4v) is 3.04. The molecule has 10 heteroatoms. The summed E-state index contributed by atoms with van der Waals surface area (Å²) in [6.45, 7) is 1.60. The Morgan fingerprint density at radius 2 is 1.93 bits per heavy atom. The van der Waals surface area contributed by atoms with E-state index in [1.807, 2.05) is 18.2 Å². The maximum atomic E-state index is 12.3. The van der Waals surface area contributed by atoms with E-state index in [1.54, 1.807) is 20.1 Å². The van der Waals surface area contributed by atoms with E-state index in [0.29, 0.717) is 22.8 Å². The summed E-state index contributed by atoms with van der Waals surface area (Å²) in [5.41, 5.74) is 1.50. The zero-order valence-corrected chi connectivity index (χ0v) is 16.7. The molecule has 0 bridgehead atoms. The van der Waals surface area contributed by atoms with Crippen LogP contribution in [0.2, 0.25) is 0 Å². The van der Waals surface area contributed by atoms with E-state index >= 15 is 0 Å². The number of nitrogens with one attached hydrogen (secondary N) is 2. The zero-order valence-electron chi connectivity index (χ0n) is 15.9. The molecule has 2 N–H and O–H groups in total. The fraction of sp³-hybridized carbons (Fsp3) is 0.211. The third-order valence-corrected chi connectivity index (χ3v) is 5.30. The first kappa shape index (κ1) is 20.3. The first-order chi connectivity index (χ1) is 13.9. The monoisotopic (exact) mass is 416 g/mol. The number of methoxy groups -OCH3 is 1. The number of carbonyl (C=O) groups is 1. The Labute approximate surface area is 168 Å². The van der Waals surface area contributed by atoms with Crippen molar-refractivity contribution in [2.24, 2.45) is 0 Å². The van der Waals surface area contributed by atoms with Gasteiger partial charge in [0.2, 0.25) is 21.7 Å². The van der Waals surface area contributed by atoms with Gasteiger partial charge in [0.15, 0.2) is 0 Å². The van der Waals surface area contributed by atoms with Gasteiger partial charge in [0.25, 0.3) is 5.91 Å². The molecule has 1 heterocycles. The number of sulfonamides is 1. The molecule has 1 amide bonds. The van der Waals surface area contributed by atoms with E-state index in [9.17, 15) is 13.2 Å². The van der Waals surface area contributed by atoms with E-state index in [-0.39, 0.29) is 24.1 Å². The molecule has 0 unspecified atom stereocenters. The summed E-state index contributed by atoms with van der Waals surface area (Å²) in [6.07, 6.45) is 0. The number of ether oxygens (including phenoxy) is 1. The Morgan fingerprint density at radius 1 is 1.17 bits per heavy atom. The number of aromatic nitrogens is 2. The van der Waals surface area contributed by atoms with Crippen LogP contribution in [0.15, 0.2) is 53.1 Å². The lowest BCUT2D eigenvalue weighted by Gasteiger charge is -2.07. The number of hydrogen-bond donors (Lipinski definition) is 2. The van der Waals surface area contributed by atoms with Crippen molar-refractivity contribution in [3.63, 3.8) is 0 Å². The van der Waals surface area contributed by atoms with Crippen molar-refractivity contribution in [3.05, 3.63) is 60.0 Å². The molecule has 0 fully saturated rings. The van der Waals surface area contributed by atoms with Crippen LogP contribution in [0.3, 0.4) is 0 Å². The molecule has 9 nitrogen and oxygen atoms in total. The number of amides is 1. The first-order valence-electron chi connectivity index (χ1n) is 8.76. The molecule has 0 atom stereocenters. The second kappa shape index (κ2) is 8.74. The summed E-state index contributed by atoms with van der Waals surface area (Å²) in [5.74, 6) is 0.934. The molecule has 29 heavy (non-hydrogen) atoms. The van der Waals surface area contributed by atoms with Gasteiger partial charge in [-0.2, -0.15) is 4.98 Å². The van der Waals surface area contributed by atoms with Gasteiger partial charge in [-0.05, 0) is 43.3 Å². The van der Waals surface area contributed by atoms with Crippen molar-refractivity contribution in [2.75, 3.05) is 17.6 Å². The Kier molecular flexibility index (Phi) is 6.13. The minimum Gasteiger partial charge on any atom is -0.497 e. The lowest BCUT2D eigenvalue weighted by molar-refractivity contribution is 0.0946. The molecule has 0 aliphatic heterocycles. The van der Waals surface area contributed by atoms with Gasteiger partial charge in [0.05, 0.1) is 19.4 Å². The Morgan fingerprint density at radius 3 is 2.62 bits per heavy atom. The number of nitrogens with zero attached hydrogens (tertiary/aromatic N) is 2. The summed E-state index contributed by atoms with van der Waals surface area (Å²) in [5, 5.41) is 6.59. The molecule has 0 spiro atoms. The van der Waals surface area contributed by atoms with Gasteiger partial charge in [-0.25, -0.2) is 8.42 Å². The number of anilines is 1. The van der Waals surface area contributed by atoms with E-state index in [4.69, 9.17) is 9.26 Å². The summed E-state index contributed by atoms with van der Waals surface area (Å²) in [7, 11) is -1.79. The van der Waals surface area contributed by atoms with E-state index in [0.717, 1.165) is 5.56 Å². The first-order valence-corrected chi connectivity index (χ1v) is 10.4. The van der Waals surface area contributed by atoms with Crippen LogP contribution in [-0.4, -0.2) is 37.3 Å². The van der Waals surface area contributed by atoms with Crippen molar-refractivity contribution in [3.8, 4) is 17.1 Å². The van der Waals surface area contributed by atoms with Crippen LogP contribution >= 0.6 is 0 Å². The molecular weight excluding hydrogens is 396 g/mol. The lowest BCUT2D eigenvalue weighted by Crippen LogP contribution is -2.23. The molecule has 0 aliphatic carbocycles. The van der Waals surface area contributed by atoms with E-state index in [1.165, 1.54) is 24.3 Å². The summed E-state index contributed by atoms with van der Waals surface area (Å²) >= 11 is 0. The van der Waals surface area contributed by atoms with Crippen molar-refractivity contribution < 1.29 is 22.5 Å². The highest BCUT2D eigenvalue weighted by molar-refractivity contribution is 7.92. The quantitative estimate of drug-likeness (QED) is 0.578. The third-order valence-electron chi connectivity index (χ3n) is 4.00. The predicted molar refractivity (Wildman–Crippen MR) is 107 cm³/mol. The lowest BCUT2D eigenvalue weighted by atomic mass is 10.2. The van der Waals surface area contributed by atoms with Crippen LogP contribution in [0.1, 0.15) is 23.2 Å². The fourth-order valence-electron chi connectivity index (χ4n) is 2.41. The topological polar surface area (TPSA) is 123 Å². The average Bonchev–Trinajstić information content (AvgIpc) is 3.21. The highest BCUT2D eigenvalue weighted by Gasteiger charge is 2.12. The third kappa shape index (κ3) is 5.32. The van der Waals surface area contributed by atoms with E-state index < -0.39 is 10.0 Å². The van der Waals surface area contributed by atoms with Gasteiger partial charge in [-0.15, -0.1) is 0 Å². The highest BCUT2D eigenvalue weighted by Crippen LogP contribution is 2.21. The number of hydrogen-bond acceptors (Lipinski definition) is 7. The Balaban J connectivity index is 1.60. The second-order valence-electron chi connectivity index (χ2n) is 6.01. The molecule has 3 aromatic rings. The van der Waals surface area contributed by atoms with Crippen molar-refractivity contribution in [2.45, 2.75) is 13.5 Å². The summed E-state index contributed by atoms with van der Waals surface area (Å²) in [4.78, 5) is 16.5. The standard InChI is InChI=1S/C19H20N4O5S/c1-3-29(25,26)23-15-9-7-13(8-10-15)19(24)20-12-17-21-18(22-28-17)14-5-4-6-16(11-14)27-2/h4-11,23H,3,12H2,1-2H3,(H,20,24). The zero-order chi connectivity index (χ0) is 20.9. The van der Waals surface area contributed by atoms with Crippen LogP contribution in [0.4, 0.5) is 5.69 Å². The minimum absolute atomic E-state index is 0.0306. The van der Waals surface area contributed by atoms with Crippen LogP contribution in [0, 0.1) is 0 Å². The SMILES string of the molecule is CCS(=O)(=O)Nc1ccc(C(=O)NCc2nc(-c3cccc(OC)c3)no2)cc1. The molecule has 0 aliphatic rings. The van der Waals surface area contributed by atoms with Gasteiger partial charge in [-0.1, -0.05) is 17.3 Å². The number of rotatable bonds is 8.